The second kappa shape index (κ2) is 9.74. The minimum absolute atomic E-state index is 0.488. The third kappa shape index (κ3) is 4.73. The van der Waals surface area contributed by atoms with Gasteiger partial charge >= 0.3 is 0 Å². The van der Waals surface area contributed by atoms with Gasteiger partial charge in [-0.2, -0.15) is 0 Å². The van der Waals surface area contributed by atoms with Crippen LogP contribution in [0.1, 0.15) is 6.92 Å². The molecule has 182 valence electrons. The molecule has 14 nitrogen and oxygen atoms in total. The van der Waals surface area contributed by atoms with Gasteiger partial charge in [-0.3, -0.25) is 0 Å². The van der Waals surface area contributed by atoms with E-state index in [0.29, 0.717) is 0 Å². The Kier molecular flexibility index (Phi) is 7.88. The predicted molar refractivity (Wildman–Crippen MR) is 93.9 cm³/mol. The smallest absolute Gasteiger partial charge is 0.187 e. The van der Waals surface area contributed by atoms with Gasteiger partial charge < -0.3 is 69.6 Å². The fraction of sp³-hybridized carbons (Fsp3) is 1.00. The van der Waals surface area contributed by atoms with Crippen LogP contribution in [0.25, 0.3) is 0 Å². The minimum atomic E-state index is -2.02. The normalized spacial score (nSPS) is 53.6. The van der Waals surface area contributed by atoms with Crippen LogP contribution in [0, 0.1) is 0 Å². The van der Waals surface area contributed by atoms with E-state index in [0.717, 1.165) is 0 Å². The third-order valence-corrected chi connectivity index (χ3v) is 5.79. The van der Waals surface area contributed by atoms with Gasteiger partial charge in [0.15, 0.2) is 18.9 Å². The van der Waals surface area contributed by atoms with E-state index in [-0.39, 0.29) is 0 Å². The van der Waals surface area contributed by atoms with Crippen molar-refractivity contribution in [3.05, 3.63) is 0 Å². The quantitative estimate of drug-likeness (QED) is 0.181. The van der Waals surface area contributed by atoms with E-state index in [2.05, 4.69) is 0 Å². The Morgan fingerprint density at radius 2 is 1.48 bits per heavy atom. The summed E-state index contributed by atoms with van der Waals surface area (Å²) in [6.45, 7) is -0.637. The summed E-state index contributed by atoms with van der Waals surface area (Å²) in [5, 5.41) is 89.8. The number of hydrogen-bond acceptors (Lipinski definition) is 14. The Morgan fingerprint density at radius 1 is 0.839 bits per heavy atom. The highest BCUT2D eigenvalue weighted by Gasteiger charge is 2.54. The second-order valence-electron chi connectivity index (χ2n) is 8.01. The molecule has 0 aliphatic carbocycles. The highest BCUT2D eigenvalue weighted by Crippen LogP contribution is 2.33. The van der Waals surface area contributed by atoms with Crippen molar-refractivity contribution in [2.24, 2.45) is 0 Å². The maximum Gasteiger partial charge on any atom is 0.187 e. The summed E-state index contributed by atoms with van der Waals surface area (Å²) >= 11 is 0. The third-order valence-electron chi connectivity index (χ3n) is 5.79. The SMILES string of the molecule is C[C@@H]1O[C@@H](O[C@@H]2[C@@H](O[C@@H]3OC[C@](O)(CO)[C@H]3O)[C@H](O)[C@@H](CO)O[C@H]2O)[C@H](O)[C@H](O)[C@H]1O. The van der Waals surface area contributed by atoms with Crippen LogP contribution in [0.15, 0.2) is 0 Å². The maximum absolute atomic E-state index is 10.5. The summed E-state index contributed by atoms with van der Waals surface area (Å²) in [4.78, 5) is 0. The van der Waals surface area contributed by atoms with Crippen molar-refractivity contribution in [3.8, 4) is 0 Å². The molecular weight excluding hydrogens is 428 g/mol. The zero-order valence-corrected chi connectivity index (χ0v) is 16.6. The Hall–Kier alpha value is -0.560. The van der Waals surface area contributed by atoms with Crippen LogP contribution in [-0.4, -0.2) is 145 Å². The monoisotopic (exact) mass is 458 g/mol. The number of hydrogen-bond donors (Lipinski definition) is 9. The van der Waals surface area contributed by atoms with Crippen LogP contribution in [0.3, 0.4) is 0 Å². The van der Waals surface area contributed by atoms with Gasteiger partial charge in [0, 0.05) is 0 Å². The summed E-state index contributed by atoms with van der Waals surface area (Å²) in [5.41, 5.74) is -2.02. The van der Waals surface area contributed by atoms with Gasteiger partial charge in [-0.15, -0.1) is 0 Å². The number of aliphatic hydroxyl groups is 9. The van der Waals surface area contributed by atoms with Crippen molar-refractivity contribution in [2.45, 2.75) is 86.3 Å². The average molecular weight is 458 g/mol. The van der Waals surface area contributed by atoms with E-state index in [1.54, 1.807) is 0 Å². The number of ether oxygens (including phenoxy) is 5. The molecule has 0 aromatic carbocycles. The van der Waals surface area contributed by atoms with Crippen molar-refractivity contribution >= 4 is 0 Å². The van der Waals surface area contributed by atoms with Crippen LogP contribution in [-0.2, 0) is 23.7 Å². The molecule has 9 N–H and O–H groups in total. The molecule has 3 saturated heterocycles. The predicted octanol–water partition coefficient (Wildman–Crippen LogP) is -5.90. The summed E-state index contributed by atoms with van der Waals surface area (Å²) in [6, 6.07) is 0. The molecule has 31 heavy (non-hydrogen) atoms. The van der Waals surface area contributed by atoms with Crippen molar-refractivity contribution < 1.29 is 69.6 Å². The van der Waals surface area contributed by atoms with E-state index in [1.807, 2.05) is 0 Å². The number of rotatable bonds is 6. The number of aliphatic hydroxyl groups excluding tert-OH is 8. The van der Waals surface area contributed by atoms with E-state index >= 15 is 0 Å². The van der Waals surface area contributed by atoms with Gasteiger partial charge in [-0.05, 0) is 6.92 Å². The second-order valence-corrected chi connectivity index (χ2v) is 8.01. The first kappa shape index (κ1) is 25.1. The highest BCUT2D eigenvalue weighted by atomic mass is 16.8. The Labute approximate surface area is 176 Å². The lowest BCUT2D eigenvalue weighted by Gasteiger charge is -2.46. The molecule has 3 rings (SSSR count). The van der Waals surface area contributed by atoms with Crippen LogP contribution in [0.4, 0.5) is 0 Å². The topological polar surface area (TPSA) is 228 Å². The fourth-order valence-corrected chi connectivity index (χ4v) is 3.70. The van der Waals surface area contributed by atoms with E-state index in [1.165, 1.54) is 6.92 Å². The summed E-state index contributed by atoms with van der Waals surface area (Å²) in [6.07, 6.45) is -18.5. The van der Waals surface area contributed by atoms with Gasteiger partial charge in [0.05, 0.1) is 25.9 Å². The minimum Gasteiger partial charge on any atom is -0.394 e. The molecular formula is C17H30O14. The van der Waals surface area contributed by atoms with E-state index in [9.17, 15) is 46.0 Å². The largest absolute Gasteiger partial charge is 0.394 e. The molecule has 0 unspecified atom stereocenters. The maximum atomic E-state index is 10.5. The van der Waals surface area contributed by atoms with Crippen molar-refractivity contribution in [2.75, 3.05) is 19.8 Å². The van der Waals surface area contributed by atoms with Crippen LogP contribution in [0.5, 0.6) is 0 Å². The van der Waals surface area contributed by atoms with Gasteiger partial charge in [0.25, 0.3) is 0 Å². The molecule has 0 amide bonds. The van der Waals surface area contributed by atoms with Crippen molar-refractivity contribution in [1.29, 1.82) is 0 Å². The molecule has 3 aliphatic rings. The molecule has 0 aromatic rings. The molecule has 0 saturated carbocycles. The standard InChI is InChI=1S/C17H30O14/c1-5-7(20)9(22)10(23)15(28-5)31-12-11(8(21)6(2-18)29-14(12)25)30-16-13(24)17(26,3-19)4-27-16/h5-16,18-26H,2-4H2,1H3/t5-,6+,7-,8+,9+,10+,11-,12+,13-,14+,15-,16-,17+/m0/s1. The lowest BCUT2D eigenvalue weighted by Crippen LogP contribution is -2.65. The van der Waals surface area contributed by atoms with Crippen LogP contribution in [0.2, 0.25) is 0 Å². The van der Waals surface area contributed by atoms with Crippen molar-refractivity contribution in [1.82, 2.24) is 0 Å². The summed E-state index contributed by atoms with van der Waals surface area (Å²) in [7, 11) is 0. The van der Waals surface area contributed by atoms with Crippen LogP contribution < -0.4 is 0 Å². The van der Waals surface area contributed by atoms with Gasteiger partial charge in [-0.1, -0.05) is 0 Å². The molecule has 0 spiro atoms. The highest BCUT2D eigenvalue weighted by molar-refractivity contribution is 4.97. The first-order chi connectivity index (χ1) is 14.5. The molecule has 0 radical (unpaired) electrons. The Bertz CT molecular complexity index is 595. The van der Waals surface area contributed by atoms with Gasteiger partial charge in [0.2, 0.25) is 0 Å². The van der Waals surface area contributed by atoms with E-state index in [4.69, 9.17) is 23.7 Å². The van der Waals surface area contributed by atoms with E-state index < -0.39 is 99.2 Å². The fourth-order valence-electron chi connectivity index (χ4n) is 3.70. The Morgan fingerprint density at radius 3 is 2.06 bits per heavy atom. The van der Waals surface area contributed by atoms with Gasteiger partial charge in [-0.25, -0.2) is 0 Å². The zero-order valence-electron chi connectivity index (χ0n) is 16.6. The first-order valence-corrected chi connectivity index (χ1v) is 9.80. The Balaban J connectivity index is 1.79. The molecule has 3 heterocycles. The summed E-state index contributed by atoms with van der Waals surface area (Å²) < 4.78 is 26.6. The lowest BCUT2D eigenvalue weighted by molar-refractivity contribution is -0.372. The molecule has 0 bridgehead atoms. The van der Waals surface area contributed by atoms with Crippen molar-refractivity contribution in [3.63, 3.8) is 0 Å². The molecule has 3 fully saturated rings. The zero-order chi connectivity index (χ0) is 23.1. The molecule has 0 aromatic heterocycles. The molecule has 3 aliphatic heterocycles. The first-order valence-electron chi connectivity index (χ1n) is 9.80. The molecule has 13 atom stereocenters. The lowest BCUT2D eigenvalue weighted by atomic mass is 9.97. The molecule has 14 heteroatoms. The van der Waals surface area contributed by atoms with Crippen LogP contribution >= 0.6 is 0 Å². The summed E-state index contributed by atoms with van der Waals surface area (Å²) in [5.74, 6) is 0. The van der Waals surface area contributed by atoms with Gasteiger partial charge in [0.1, 0.15) is 54.4 Å². The average Bonchev–Trinajstić information content (AvgIpc) is 3.03.